The van der Waals surface area contributed by atoms with Gasteiger partial charge in [-0.1, -0.05) is 31.5 Å². The first-order chi connectivity index (χ1) is 9.49. The van der Waals surface area contributed by atoms with Gasteiger partial charge in [0.2, 0.25) is 5.91 Å². The SMILES string of the molecule is CN(C)CCOCCNC(=O)C1(C(N)=S)CCCCC1. The molecule has 1 aliphatic rings. The van der Waals surface area contributed by atoms with E-state index < -0.39 is 5.41 Å². The number of likely N-dealkylation sites (N-methyl/N-ethyl adjacent to an activating group) is 1. The van der Waals surface area contributed by atoms with Gasteiger partial charge in [-0.15, -0.1) is 0 Å². The summed E-state index contributed by atoms with van der Waals surface area (Å²) in [7, 11) is 4.00. The van der Waals surface area contributed by atoms with E-state index in [-0.39, 0.29) is 5.91 Å². The third-order valence-corrected chi connectivity index (χ3v) is 4.22. The van der Waals surface area contributed by atoms with Gasteiger partial charge >= 0.3 is 0 Å². The Labute approximate surface area is 127 Å². The van der Waals surface area contributed by atoms with Crippen LogP contribution in [0, 0.1) is 5.41 Å². The molecule has 0 spiro atoms. The predicted octanol–water partition coefficient (Wildman–Crippen LogP) is 0.917. The van der Waals surface area contributed by atoms with Crippen LogP contribution in [0.5, 0.6) is 0 Å². The molecule has 1 saturated carbocycles. The monoisotopic (exact) mass is 301 g/mol. The Kier molecular flexibility index (Phi) is 7.40. The highest BCUT2D eigenvalue weighted by atomic mass is 32.1. The van der Waals surface area contributed by atoms with Crippen LogP contribution in [0.15, 0.2) is 0 Å². The minimum Gasteiger partial charge on any atom is -0.392 e. The average Bonchev–Trinajstić information content (AvgIpc) is 2.42. The zero-order chi connectivity index (χ0) is 15.0. The minimum absolute atomic E-state index is 0.0269. The third-order valence-electron chi connectivity index (χ3n) is 3.83. The molecular weight excluding hydrogens is 274 g/mol. The summed E-state index contributed by atoms with van der Waals surface area (Å²) in [4.78, 5) is 14.8. The number of nitrogens with one attached hydrogen (secondary N) is 1. The number of hydrogen-bond donors (Lipinski definition) is 2. The molecule has 0 saturated heterocycles. The standard InChI is InChI=1S/C14H27N3O2S/c1-17(2)9-11-19-10-8-16-13(18)14(12(15)20)6-4-3-5-7-14/h3-11H2,1-2H3,(H2,15,20)(H,16,18). The number of ether oxygens (including phenoxy) is 1. The smallest absolute Gasteiger partial charge is 0.233 e. The van der Waals surface area contributed by atoms with E-state index in [0.29, 0.717) is 24.7 Å². The molecule has 0 bridgehead atoms. The van der Waals surface area contributed by atoms with Gasteiger partial charge in [-0.25, -0.2) is 0 Å². The van der Waals surface area contributed by atoms with Crippen LogP contribution < -0.4 is 11.1 Å². The van der Waals surface area contributed by atoms with Crippen molar-refractivity contribution >= 4 is 23.1 Å². The van der Waals surface area contributed by atoms with Gasteiger partial charge in [-0.3, -0.25) is 4.79 Å². The van der Waals surface area contributed by atoms with E-state index in [9.17, 15) is 4.79 Å². The van der Waals surface area contributed by atoms with E-state index in [2.05, 4.69) is 10.2 Å². The van der Waals surface area contributed by atoms with Crippen molar-refractivity contribution in [1.82, 2.24) is 10.2 Å². The van der Waals surface area contributed by atoms with Gasteiger partial charge in [-0.2, -0.15) is 0 Å². The highest BCUT2D eigenvalue weighted by Gasteiger charge is 2.42. The van der Waals surface area contributed by atoms with Gasteiger partial charge in [0.15, 0.2) is 0 Å². The molecule has 0 aliphatic heterocycles. The normalized spacial score (nSPS) is 17.9. The zero-order valence-electron chi connectivity index (χ0n) is 12.6. The number of amides is 1. The van der Waals surface area contributed by atoms with Crippen molar-refractivity contribution in [2.45, 2.75) is 32.1 Å². The number of carbonyl (C=O) groups is 1. The van der Waals surface area contributed by atoms with Crippen molar-refractivity contribution in [3.63, 3.8) is 0 Å². The molecule has 6 heteroatoms. The van der Waals surface area contributed by atoms with Crippen LogP contribution in [0.3, 0.4) is 0 Å². The largest absolute Gasteiger partial charge is 0.392 e. The maximum atomic E-state index is 12.4. The number of hydrogen-bond acceptors (Lipinski definition) is 4. The summed E-state index contributed by atoms with van der Waals surface area (Å²) in [5.74, 6) is -0.0269. The second kappa shape index (κ2) is 8.54. The first kappa shape index (κ1) is 17.3. The number of nitrogens with zero attached hydrogens (tertiary/aromatic N) is 1. The van der Waals surface area contributed by atoms with Crippen LogP contribution in [0.2, 0.25) is 0 Å². The van der Waals surface area contributed by atoms with Crippen LogP contribution in [0.25, 0.3) is 0 Å². The summed E-state index contributed by atoms with van der Waals surface area (Å²) in [5, 5.41) is 2.92. The first-order valence-corrected chi connectivity index (χ1v) is 7.70. The topological polar surface area (TPSA) is 67.6 Å². The van der Waals surface area contributed by atoms with Crippen molar-refractivity contribution in [3.8, 4) is 0 Å². The molecule has 0 aromatic rings. The van der Waals surface area contributed by atoms with Crippen molar-refractivity contribution in [3.05, 3.63) is 0 Å². The Morgan fingerprint density at radius 1 is 1.30 bits per heavy atom. The molecule has 0 atom stereocenters. The molecule has 1 amide bonds. The molecule has 0 radical (unpaired) electrons. The van der Waals surface area contributed by atoms with Gasteiger partial charge in [0.25, 0.3) is 0 Å². The Morgan fingerprint density at radius 3 is 2.50 bits per heavy atom. The Hall–Kier alpha value is -0.720. The molecule has 1 fully saturated rings. The lowest BCUT2D eigenvalue weighted by atomic mass is 9.73. The average molecular weight is 301 g/mol. The second-order valence-corrected chi connectivity index (χ2v) is 6.12. The highest BCUT2D eigenvalue weighted by molar-refractivity contribution is 7.80. The maximum absolute atomic E-state index is 12.4. The summed E-state index contributed by atoms with van der Waals surface area (Å²) in [6, 6.07) is 0. The molecule has 0 aromatic carbocycles. The third kappa shape index (κ3) is 5.00. The fraction of sp³-hybridized carbons (Fsp3) is 0.857. The fourth-order valence-corrected chi connectivity index (χ4v) is 2.79. The lowest BCUT2D eigenvalue weighted by Crippen LogP contribution is -2.50. The van der Waals surface area contributed by atoms with E-state index in [1.807, 2.05) is 14.1 Å². The second-order valence-electron chi connectivity index (χ2n) is 5.68. The van der Waals surface area contributed by atoms with Gasteiger partial charge in [0.05, 0.1) is 23.6 Å². The summed E-state index contributed by atoms with van der Waals surface area (Å²) in [6.45, 7) is 2.58. The summed E-state index contributed by atoms with van der Waals surface area (Å²) in [5.41, 5.74) is 5.19. The van der Waals surface area contributed by atoms with Crippen LogP contribution in [-0.4, -0.2) is 56.2 Å². The molecule has 0 unspecified atom stereocenters. The molecule has 0 heterocycles. The zero-order valence-corrected chi connectivity index (χ0v) is 13.4. The van der Waals surface area contributed by atoms with E-state index in [0.717, 1.165) is 38.6 Å². The molecule has 3 N–H and O–H groups in total. The molecular formula is C14H27N3O2S. The highest BCUT2D eigenvalue weighted by Crippen LogP contribution is 2.36. The fourth-order valence-electron chi connectivity index (χ4n) is 2.50. The van der Waals surface area contributed by atoms with Crippen molar-refractivity contribution in [1.29, 1.82) is 0 Å². The molecule has 20 heavy (non-hydrogen) atoms. The van der Waals surface area contributed by atoms with Crippen LogP contribution in [-0.2, 0) is 9.53 Å². The Bertz CT molecular complexity index is 328. The first-order valence-electron chi connectivity index (χ1n) is 7.30. The van der Waals surface area contributed by atoms with Crippen molar-refractivity contribution in [2.75, 3.05) is 40.4 Å². The van der Waals surface area contributed by atoms with E-state index in [1.165, 1.54) is 0 Å². The van der Waals surface area contributed by atoms with Gasteiger partial charge in [0.1, 0.15) is 0 Å². The Balaban J connectivity index is 2.31. The number of thiocarbonyl (C=S) groups is 1. The van der Waals surface area contributed by atoms with Crippen LogP contribution >= 0.6 is 12.2 Å². The van der Waals surface area contributed by atoms with Gasteiger partial charge < -0.3 is 20.7 Å². The van der Waals surface area contributed by atoms with E-state index >= 15 is 0 Å². The van der Waals surface area contributed by atoms with Crippen LogP contribution in [0.4, 0.5) is 0 Å². The van der Waals surface area contributed by atoms with E-state index in [4.69, 9.17) is 22.7 Å². The van der Waals surface area contributed by atoms with E-state index in [1.54, 1.807) is 0 Å². The lowest BCUT2D eigenvalue weighted by molar-refractivity contribution is -0.129. The summed E-state index contributed by atoms with van der Waals surface area (Å²) >= 11 is 5.13. The minimum atomic E-state index is -0.628. The molecule has 5 nitrogen and oxygen atoms in total. The van der Waals surface area contributed by atoms with Gasteiger partial charge in [0, 0.05) is 13.1 Å². The quantitative estimate of drug-likeness (QED) is 0.515. The molecule has 0 aromatic heterocycles. The number of nitrogens with two attached hydrogens (primary N) is 1. The van der Waals surface area contributed by atoms with Crippen molar-refractivity contribution < 1.29 is 9.53 Å². The summed E-state index contributed by atoms with van der Waals surface area (Å²) in [6.07, 6.45) is 4.74. The number of carbonyl (C=O) groups excluding carboxylic acids is 1. The maximum Gasteiger partial charge on any atom is 0.233 e. The molecule has 1 rings (SSSR count). The lowest BCUT2D eigenvalue weighted by Gasteiger charge is -2.34. The molecule has 1 aliphatic carbocycles. The van der Waals surface area contributed by atoms with Gasteiger partial charge in [-0.05, 0) is 26.9 Å². The van der Waals surface area contributed by atoms with Crippen LogP contribution in [0.1, 0.15) is 32.1 Å². The summed E-state index contributed by atoms with van der Waals surface area (Å²) < 4.78 is 5.46. The van der Waals surface area contributed by atoms with Crippen molar-refractivity contribution in [2.24, 2.45) is 11.1 Å². The number of rotatable bonds is 8. The predicted molar refractivity (Wildman–Crippen MR) is 84.7 cm³/mol. The Morgan fingerprint density at radius 2 is 1.95 bits per heavy atom. The molecule has 116 valence electrons.